The van der Waals surface area contributed by atoms with Crippen LogP contribution in [0, 0.1) is 5.92 Å². The molecule has 1 amide bonds. The van der Waals surface area contributed by atoms with Gasteiger partial charge < -0.3 is 20.1 Å². The fourth-order valence-electron chi connectivity index (χ4n) is 4.88. The predicted molar refractivity (Wildman–Crippen MR) is 101 cm³/mol. The molecule has 0 radical (unpaired) electrons. The minimum atomic E-state index is 0.0402. The van der Waals surface area contributed by atoms with Gasteiger partial charge in [-0.3, -0.25) is 4.79 Å². The van der Waals surface area contributed by atoms with E-state index in [2.05, 4.69) is 44.4 Å². The summed E-state index contributed by atoms with van der Waals surface area (Å²) in [5.41, 5.74) is 1.26. The minimum Gasteiger partial charge on any atom is -0.486 e. The fraction of sp³-hybridized carbons (Fsp3) is 0.667. The van der Waals surface area contributed by atoms with Gasteiger partial charge in [0.2, 0.25) is 5.91 Å². The second-order valence-corrected chi connectivity index (χ2v) is 9.36. The molecule has 3 aliphatic rings. The first-order valence-corrected chi connectivity index (χ1v) is 9.72. The Kier molecular flexibility index (Phi) is 4.18. The lowest BCUT2D eigenvalue weighted by Gasteiger charge is -2.46. The van der Waals surface area contributed by atoms with Gasteiger partial charge in [-0.05, 0) is 70.6 Å². The van der Waals surface area contributed by atoms with Crippen LogP contribution >= 0.6 is 0 Å². The van der Waals surface area contributed by atoms with Gasteiger partial charge in [-0.15, -0.1) is 0 Å². The zero-order valence-corrected chi connectivity index (χ0v) is 16.2. The van der Waals surface area contributed by atoms with Crippen molar-refractivity contribution in [1.29, 1.82) is 0 Å². The molecule has 1 saturated heterocycles. The summed E-state index contributed by atoms with van der Waals surface area (Å²) in [4.78, 5) is 12.8. The molecule has 2 fully saturated rings. The largest absolute Gasteiger partial charge is 0.486 e. The summed E-state index contributed by atoms with van der Waals surface area (Å²) in [6.45, 7) is 10.0. The zero-order chi connectivity index (χ0) is 18.5. The third kappa shape index (κ3) is 3.68. The molecule has 0 bridgehead atoms. The van der Waals surface area contributed by atoms with E-state index >= 15 is 0 Å². The highest BCUT2D eigenvalue weighted by Gasteiger charge is 2.46. The van der Waals surface area contributed by atoms with E-state index in [4.69, 9.17) is 9.47 Å². The number of benzene rings is 1. The first-order chi connectivity index (χ1) is 12.2. The Morgan fingerprint density at radius 2 is 1.73 bits per heavy atom. The summed E-state index contributed by atoms with van der Waals surface area (Å²) in [6.07, 6.45) is 2.84. The highest BCUT2D eigenvalue weighted by atomic mass is 16.6. The summed E-state index contributed by atoms with van der Waals surface area (Å²) in [6, 6.07) is 6.32. The van der Waals surface area contributed by atoms with Crippen LogP contribution < -0.4 is 20.1 Å². The van der Waals surface area contributed by atoms with E-state index in [0.29, 0.717) is 19.1 Å². The van der Waals surface area contributed by atoms with Crippen LogP contribution in [0.3, 0.4) is 0 Å². The number of ether oxygens (including phenoxy) is 2. The lowest BCUT2D eigenvalue weighted by molar-refractivity contribution is -0.123. The monoisotopic (exact) mass is 358 g/mol. The van der Waals surface area contributed by atoms with Crippen LogP contribution in [0.25, 0.3) is 0 Å². The molecule has 0 aromatic heterocycles. The zero-order valence-electron chi connectivity index (χ0n) is 16.2. The predicted octanol–water partition coefficient (Wildman–Crippen LogP) is 2.99. The quantitative estimate of drug-likeness (QED) is 0.872. The van der Waals surface area contributed by atoms with Gasteiger partial charge in [0.15, 0.2) is 11.5 Å². The van der Waals surface area contributed by atoms with Crippen molar-refractivity contribution in [2.24, 2.45) is 5.92 Å². The number of piperidine rings is 1. The molecule has 142 valence electrons. The molecule has 2 atom stereocenters. The van der Waals surface area contributed by atoms with Crippen molar-refractivity contribution < 1.29 is 14.3 Å². The second kappa shape index (κ2) is 6.15. The molecule has 5 heteroatoms. The lowest BCUT2D eigenvalue weighted by atomic mass is 9.79. The fourth-order valence-corrected chi connectivity index (χ4v) is 4.88. The van der Waals surface area contributed by atoms with Gasteiger partial charge in [-0.2, -0.15) is 0 Å². The molecule has 0 unspecified atom stereocenters. The number of rotatable bonds is 3. The van der Waals surface area contributed by atoms with Gasteiger partial charge in [0.05, 0.1) is 0 Å². The van der Waals surface area contributed by atoms with Gasteiger partial charge in [0.1, 0.15) is 13.2 Å². The standard InChI is InChI=1S/C21H30N2O3/c1-20(2)11-14(12-21(3,4)23-20)22-19(24)16-10-15(16)13-5-6-17-18(9-13)26-8-7-25-17/h5-6,9,14-16,23H,7-8,10-12H2,1-4H3,(H,22,24)/t15-,16+/m0/s1. The third-order valence-electron chi connectivity index (χ3n) is 5.66. The van der Waals surface area contributed by atoms with E-state index in [9.17, 15) is 4.79 Å². The Morgan fingerprint density at radius 1 is 1.08 bits per heavy atom. The smallest absolute Gasteiger partial charge is 0.223 e. The molecule has 0 spiro atoms. The average Bonchev–Trinajstić information content (AvgIpc) is 3.32. The Labute approximate surface area is 155 Å². The van der Waals surface area contributed by atoms with Crippen LogP contribution in [0.4, 0.5) is 0 Å². The average molecular weight is 358 g/mol. The Balaban J connectivity index is 1.38. The van der Waals surface area contributed by atoms with Crippen molar-refractivity contribution in [2.45, 2.75) is 70.0 Å². The Bertz CT molecular complexity index is 697. The molecular weight excluding hydrogens is 328 g/mol. The van der Waals surface area contributed by atoms with Crippen LogP contribution in [-0.2, 0) is 4.79 Å². The maximum Gasteiger partial charge on any atom is 0.223 e. The van der Waals surface area contributed by atoms with Crippen LogP contribution in [0.15, 0.2) is 18.2 Å². The van der Waals surface area contributed by atoms with Gasteiger partial charge in [0, 0.05) is 23.0 Å². The number of amides is 1. The molecule has 26 heavy (non-hydrogen) atoms. The molecular formula is C21H30N2O3. The molecule has 2 N–H and O–H groups in total. The highest BCUT2D eigenvalue weighted by Crippen LogP contribution is 2.49. The van der Waals surface area contributed by atoms with E-state index in [0.717, 1.165) is 30.8 Å². The number of nitrogens with one attached hydrogen (secondary N) is 2. The van der Waals surface area contributed by atoms with Crippen molar-refractivity contribution in [2.75, 3.05) is 13.2 Å². The van der Waals surface area contributed by atoms with Crippen molar-refractivity contribution >= 4 is 5.91 Å². The van der Waals surface area contributed by atoms with Crippen LogP contribution in [0.2, 0.25) is 0 Å². The highest BCUT2D eigenvalue weighted by molar-refractivity contribution is 5.83. The van der Waals surface area contributed by atoms with Crippen molar-refractivity contribution in [3.8, 4) is 11.5 Å². The van der Waals surface area contributed by atoms with Crippen LogP contribution in [-0.4, -0.2) is 36.2 Å². The number of hydrogen-bond donors (Lipinski definition) is 2. The topological polar surface area (TPSA) is 59.6 Å². The van der Waals surface area contributed by atoms with Gasteiger partial charge >= 0.3 is 0 Å². The number of carbonyl (C=O) groups is 1. The first-order valence-electron chi connectivity index (χ1n) is 9.72. The van der Waals surface area contributed by atoms with Crippen LogP contribution in [0.5, 0.6) is 11.5 Å². The summed E-state index contributed by atoms with van der Waals surface area (Å²) in [5.74, 6) is 2.19. The summed E-state index contributed by atoms with van der Waals surface area (Å²) < 4.78 is 11.3. The summed E-state index contributed by atoms with van der Waals surface area (Å²) in [5, 5.41) is 6.99. The maximum absolute atomic E-state index is 12.8. The van der Waals surface area contributed by atoms with E-state index in [1.165, 1.54) is 5.56 Å². The van der Waals surface area contributed by atoms with E-state index in [-0.39, 0.29) is 28.9 Å². The molecule has 1 saturated carbocycles. The number of fused-ring (bicyclic) bond motifs is 1. The van der Waals surface area contributed by atoms with Gasteiger partial charge in [-0.1, -0.05) is 6.07 Å². The van der Waals surface area contributed by atoms with Crippen molar-refractivity contribution in [3.05, 3.63) is 23.8 Å². The van der Waals surface area contributed by atoms with Crippen molar-refractivity contribution in [1.82, 2.24) is 10.6 Å². The maximum atomic E-state index is 12.8. The normalized spacial score (nSPS) is 29.1. The SMILES string of the molecule is CC1(C)CC(NC(=O)[C@@H]2C[C@H]2c2ccc3c(c2)OCCO3)CC(C)(C)N1. The van der Waals surface area contributed by atoms with Gasteiger partial charge in [-0.25, -0.2) is 0 Å². The lowest BCUT2D eigenvalue weighted by Crippen LogP contribution is -2.62. The van der Waals surface area contributed by atoms with Gasteiger partial charge in [0.25, 0.3) is 0 Å². The first kappa shape index (κ1) is 17.7. The molecule has 4 rings (SSSR count). The number of hydrogen-bond acceptors (Lipinski definition) is 4. The van der Waals surface area contributed by atoms with E-state index in [1.54, 1.807) is 0 Å². The minimum absolute atomic E-state index is 0.0402. The molecule has 5 nitrogen and oxygen atoms in total. The third-order valence-corrected chi connectivity index (χ3v) is 5.66. The molecule has 1 aromatic carbocycles. The molecule has 1 aromatic rings. The van der Waals surface area contributed by atoms with Crippen molar-refractivity contribution in [3.63, 3.8) is 0 Å². The molecule has 2 heterocycles. The second-order valence-electron chi connectivity index (χ2n) is 9.36. The Morgan fingerprint density at radius 3 is 2.42 bits per heavy atom. The van der Waals surface area contributed by atoms with E-state index in [1.807, 2.05) is 12.1 Å². The van der Waals surface area contributed by atoms with E-state index < -0.39 is 0 Å². The number of carbonyl (C=O) groups excluding carboxylic acids is 1. The Hall–Kier alpha value is -1.75. The summed E-state index contributed by atoms with van der Waals surface area (Å²) >= 11 is 0. The summed E-state index contributed by atoms with van der Waals surface area (Å²) in [7, 11) is 0. The molecule has 1 aliphatic carbocycles. The molecule has 2 aliphatic heterocycles. The van der Waals surface area contributed by atoms with Crippen LogP contribution in [0.1, 0.15) is 58.4 Å².